The Kier molecular flexibility index (Phi) is 11.3. The lowest BCUT2D eigenvalue weighted by atomic mass is 10.0. The lowest BCUT2D eigenvalue weighted by molar-refractivity contribution is -0.147. The van der Waals surface area contributed by atoms with E-state index in [0.717, 1.165) is 0 Å². The number of carbonyl (C=O) groups is 6. The molecule has 15 nitrogen and oxygen atoms in total. The molecule has 1 heterocycles. The fourth-order valence-corrected chi connectivity index (χ4v) is 2.94. The highest BCUT2D eigenvalue weighted by molar-refractivity contribution is 5.95. The van der Waals surface area contributed by atoms with E-state index in [4.69, 9.17) is 21.1 Å². The Balaban J connectivity index is 3.01. The van der Waals surface area contributed by atoms with Gasteiger partial charge >= 0.3 is 17.9 Å². The quantitative estimate of drug-likeness (QED) is 0.129. The first kappa shape index (κ1) is 29.0. The molecule has 15 heteroatoms. The van der Waals surface area contributed by atoms with Crippen LogP contribution in [-0.2, 0) is 35.2 Å². The minimum absolute atomic E-state index is 0.0770. The van der Waals surface area contributed by atoms with Crippen molar-refractivity contribution in [3.05, 3.63) is 18.2 Å². The van der Waals surface area contributed by atoms with Gasteiger partial charge in [0.05, 0.1) is 18.8 Å². The number of carboxylic acids is 3. The molecule has 0 saturated heterocycles. The van der Waals surface area contributed by atoms with Crippen molar-refractivity contribution in [3.63, 3.8) is 0 Å². The maximum Gasteiger partial charge on any atom is 0.326 e. The minimum Gasteiger partial charge on any atom is -0.481 e. The molecule has 0 saturated carbocycles. The highest BCUT2D eigenvalue weighted by atomic mass is 16.4. The topological polar surface area (TPSA) is 254 Å². The number of hydrogen-bond donors (Lipinski definition) is 8. The monoisotopic (exact) mass is 498 g/mol. The van der Waals surface area contributed by atoms with Crippen molar-refractivity contribution in [2.75, 3.05) is 0 Å². The largest absolute Gasteiger partial charge is 0.481 e. The van der Waals surface area contributed by atoms with E-state index < -0.39 is 72.1 Å². The number of rotatable bonds is 15. The van der Waals surface area contributed by atoms with Gasteiger partial charge in [0.2, 0.25) is 17.7 Å². The van der Waals surface area contributed by atoms with Crippen molar-refractivity contribution in [3.8, 4) is 0 Å². The van der Waals surface area contributed by atoms with E-state index in [-0.39, 0.29) is 19.3 Å². The van der Waals surface area contributed by atoms with Crippen LogP contribution in [0.2, 0.25) is 0 Å². The molecule has 1 rings (SSSR count). The summed E-state index contributed by atoms with van der Waals surface area (Å²) in [5, 5.41) is 33.7. The fourth-order valence-electron chi connectivity index (χ4n) is 2.94. The van der Waals surface area contributed by atoms with Gasteiger partial charge in [-0.25, -0.2) is 9.78 Å². The van der Waals surface area contributed by atoms with Crippen LogP contribution >= 0.6 is 0 Å². The van der Waals surface area contributed by atoms with Gasteiger partial charge in [-0.1, -0.05) is 13.8 Å². The highest BCUT2D eigenvalue weighted by Crippen LogP contribution is 2.07. The molecule has 0 aliphatic rings. The summed E-state index contributed by atoms with van der Waals surface area (Å²) < 4.78 is 0. The van der Waals surface area contributed by atoms with Gasteiger partial charge in [-0.05, 0) is 12.3 Å². The lowest BCUT2D eigenvalue weighted by Crippen LogP contribution is -2.59. The lowest BCUT2D eigenvalue weighted by Gasteiger charge is -2.26. The third-order valence-electron chi connectivity index (χ3n) is 4.86. The number of aromatic amines is 1. The van der Waals surface area contributed by atoms with Crippen molar-refractivity contribution in [2.24, 2.45) is 11.7 Å². The molecule has 0 radical (unpaired) electrons. The molecule has 0 aliphatic heterocycles. The van der Waals surface area contributed by atoms with Gasteiger partial charge in [-0.3, -0.25) is 24.0 Å². The second-order valence-corrected chi connectivity index (χ2v) is 8.11. The number of aliphatic carboxylic acids is 3. The number of hydrogen-bond acceptors (Lipinski definition) is 8. The van der Waals surface area contributed by atoms with Gasteiger partial charge < -0.3 is 42.0 Å². The summed E-state index contributed by atoms with van der Waals surface area (Å²) in [6.45, 7) is 3.14. The first-order chi connectivity index (χ1) is 16.3. The van der Waals surface area contributed by atoms with Crippen LogP contribution in [0.3, 0.4) is 0 Å². The average Bonchev–Trinajstić information content (AvgIpc) is 3.26. The first-order valence-corrected chi connectivity index (χ1v) is 10.6. The zero-order valence-electron chi connectivity index (χ0n) is 19.2. The Morgan fingerprint density at radius 3 is 2.06 bits per heavy atom. The minimum atomic E-state index is -1.72. The van der Waals surface area contributed by atoms with Crippen molar-refractivity contribution >= 4 is 35.6 Å². The molecule has 4 atom stereocenters. The van der Waals surface area contributed by atoms with Gasteiger partial charge in [0.1, 0.15) is 18.1 Å². The third kappa shape index (κ3) is 10.2. The summed E-state index contributed by atoms with van der Waals surface area (Å²) in [4.78, 5) is 77.6. The molecule has 35 heavy (non-hydrogen) atoms. The van der Waals surface area contributed by atoms with Crippen molar-refractivity contribution in [2.45, 2.75) is 63.7 Å². The van der Waals surface area contributed by atoms with Crippen LogP contribution in [0.1, 0.15) is 38.8 Å². The molecule has 1 aromatic rings. The van der Waals surface area contributed by atoms with Gasteiger partial charge in [-0.2, -0.15) is 0 Å². The Hall–Kier alpha value is -4.01. The summed E-state index contributed by atoms with van der Waals surface area (Å²) in [5.41, 5.74) is 6.17. The molecule has 0 fully saturated rings. The van der Waals surface area contributed by atoms with E-state index >= 15 is 0 Å². The number of carbonyl (C=O) groups excluding carboxylic acids is 3. The number of H-pyrrole nitrogens is 1. The number of nitrogens with two attached hydrogens (primary N) is 1. The molecule has 4 unspecified atom stereocenters. The van der Waals surface area contributed by atoms with E-state index in [0.29, 0.717) is 5.69 Å². The van der Waals surface area contributed by atoms with Crippen LogP contribution in [0.4, 0.5) is 0 Å². The Morgan fingerprint density at radius 2 is 1.57 bits per heavy atom. The van der Waals surface area contributed by atoms with Crippen LogP contribution in [0.25, 0.3) is 0 Å². The van der Waals surface area contributed by atoms with Crippen molar-refractivity contribution in [1.82, 2.24) is 25.9 Å². The van der Waals surface area contributed by atoms with E-state index in [9.17, 15) is 28.8 Å². The standard InChI is InChI=1S/C20H30N6O9/c1-9(2)16(19(33)25-13(20(34)35)6-15(29)30)26-18(32)12(5-10-7-22-8-23-10)24-17(31)11(21)3-4-14(27)28/h7-9,11-13,16H,3-6,21H2,1-2H3,(H,22,23)(H,24,31)(H,25,33)(H,26,32)(H,27,28)(H,29,30)(H,34,35). The van der Waals surface area contributed by atoms with Gasteiger partial charge in [0.15, 0.2) is 0 Å². The molecule has 0 aliphatic carbocycles. The van der Waals surface area contributed by atoms with E-state index in [1.807, 2.05) is 0 Å². The molecule has 0 bridgehead atoms. The summed E-state index contributed by atoms with van der Waals surface area (Å²) in [7, 11) is 0. The van der Waals surface area contributed by atoms with Crippen LogP contribution in [0.15, 0.2) is 12.5 Å². The summed E-state index contributed by atoms with van der Waals surface area (Å²) in [6, 6.07) is -5.44. The first-order valence-electron chi connectivity index (χ1n) is 10.6. The fraction of sp³-hybridized carbons (Fsp3) is 0.550. The SMILES string of the molecule is CC(C)C(NC(=O)C(Cc1cnc[nH]1)NC(=O)C(N)CCC(=O)O)C(=O)NC(CC(=O)O)C(=O)O. The molecular weight excluding hydrogens is 468 g/mol. The maximum atomic E-state index is 13.0. The van der Waals surface area contributed by atoms with Crippen LogP contribution in [0.5, 0.6) is 0 Å². The van der Waals surface area contributed by atoms with E-state index in [1.165, 1.54) is 12.5 Å². The Bertz CT molecular complexity index is 918. The third-order valence-corrected chi connectivity index (χ3v) is 4.86. The molecule has 9 N–H and O–H groups in total. The average molecular weight is 498 g/mol. The number of aromatic nitrogens is 2. The van der Waals surface area contributed by atoms with Crippen LogP contribution in [0, 0.1) is 5.92 Å². The summed E-state index contributed by atoms with van der Waals surface area (Å²) in [5.74, 6) is -7.21. The summed E-state index contributed by atoms with van der Waals surface area (Å²) >= 11 is 0. The highest BCUT2D eigenvalue weighted by Gasteiger charge is 2.32. The second-order valence-electron chi connectivity index (χ2n) is 8.11. The molecule has 0 aromatic carbocycles. The second kappa shape index (κ2) is 13.6. The Labute approximate surface area is 199 Å². The van der Waals surface area contributed by atoms with Crippen LogP contribution < -0.4 is 21.7 Å². The van der Waals surface area contributed by atoms with E-state index in [2.05, 4.69) is 25.9 Å². The smallest absolute Gasteiger partial charge is 0.326 e. The number of nitrogens with zero attached hydrogens (tertiary/aromatic N) is 1. The number of amides is 3. The zero-order valence-corrected chi connectivity index (χ0v) is 19.2. The van der Waals surface area contributed by atoms with Gasteiger partial charge in [-0.15, -0.1) is 0 Å². The van der Waals surface area contributed by atoms with E-state index in [1.54, 1.807) is 13.8 Å². The molecule has 0 spiro atoms. The molecular formula is C20H30N6O9. The number of imidazole rings is 1. The van der Waals surface area contributed by atoms with Crippen LogP contribution in [-0.4, -0.2) is 85.1 Å². The molecule has 3 amide bonds. The molecule has 1 aromatic heterocycles. The predicted molar refractivity (Wildman–Crippen MR) is 118 cm³/mol. The predicted octanol–water partition coefficient (Wildman–Crippen LogP) is -2.19. The zero-order chi connectivity index (χ0) is 26.7. The summed E-state index contributed by atoms with van der Waals surface area (Å²) in [6.07, 6.45) is 1.29. The van der Waals surface area contributed by atoms with Gasteiger partial charge in [0, 0.05) is 24.7 Å². The maximum absolute atomic E-state index is 13.0. The van der Waals surface area contributed by atoms with Gasteiger partial charge in [0.25, 0.3) is 0 Å². The number of nitrogens with one attached hydrogen (secondary N) is 4. The Morgan fingerprint density at radius 1 is 0.943 bits per heavy atom. The molecule has 194 valence electrons. The van der Waals surface area contributed by atoms with Crippen molar-refractivity contribution in [1.29, 1.82) is 0 Å². The van der Waals surface area contributed by atoms with Crippen molar-refractivity contribution < 1.29 is 44.1 Å². The normalized spacial score (nSPS) is 14.3. The number of carboxylic acid groups (broad SMARTS) is 3.